The molecule has 0 aromatic carbocycles. The highest BCUT2D eigenvalue weighted by Crippen LogP contribution is 2.81. The summed E-state index contributed by atoms with van der Waals surface area (Å²) in [6.45, 7) is 4.47. The Kier molecular flexibility index (Phi) is 0.980. The number of carbonyl (C=O) groups is 1. The van der Waals surface area contributed by atoms with Gasteiger partial charge in [0.2, 0.25) is 0 Å². The van der Waals surface area contributed by atoms with Crippen molar-refractivity contribution in [3.63, 3.8) is 0 Å². The average Bonchev–Trinajstić information content (AvgIpc) is 2.30. The average molecular weight is 229 g/mol. The van der Waals surface area contributed by atoms with Crippen LogP contribution in [0.3, 0.4) is 0 Å². The highest BCUT2D eigenvalue weighted by molar-refractivity contribution is 9.10. The van der Waals surface area contributed by atoms with Gasteiger partial charge in [0.25, 0.3) is 0 Å². The number of Topliss-reactive ketones (excluding diaryl/α,β-unsaturated/α-hetero) is 1. The molecular formula is C10H13BrO. The number of hydrogen-bond acceptors (Lipinski definition) is 1. The molecule has 2 heteroatoms. The lowest BCUT2D eigenvalue weighted by Gasteiger charge is -2.48. The second kappa shape index (κ2) is 1.56. The summed E-state index contributed by atoms with van der Waals surface area (Å²) in [5, 5.41) is 0. The van der Waals surface area contributed by atoms with E-state index in [0.29, 0.717) is 17.1 Å². The van der Waals surface area contributed by atoms with Crippen molar-refractivity contribution in [1.82, 2.24) is 0 Å². The van der Waals surface area contributed by atoms with Gasteiger partial charge in [-0.1, -0.05) is 29.8 Å². The van der Waals surface area contributed by atoms with Gasteiger partial charge in [0.1, 0.15) is 0 Å². The Morgan fingerprint density at radius 2 is 2.17 bits per heavy atom. The highest BCUT2D eigenvalue weighted by Gasteiger charge is 2.82. The van der Waals surface area contributed by atoms with Crippen molar-refractivity contribution in [3.05, 3.63) is 0 Å². The van der Waals surface area contributed by atoms with E-state index in [4.69, 9.17) is 0 Å². The molecule has 0 aromatic heterocycles. The molecule has 0 spiro atoms. The van der Waals surface area contributed by atoms with Gasteiger partial charge in [-0.15, -0.1) is 0 Å². The van der Waals surface area contributed by atoms with Gasteiger partial charge < -0.3 is 0 Å². The Morgan fingerprint density at radius 1 is 1.50 bits per heavy atom. The normalized spacial score (nSPS) is 66.9. The number of hydrogen-bond donors (Lipinski definition) is 0. The minimum Gasteiger partial charge on any atom is -0.297 e. The zero-order valence-electron chi connectivity index (χ0n) is 7.48. The van der Waals surface area contributed by atoms with E-state index < -0.39 is 0 Å². The van der Waals surface area contributed by atoms with Crippen LogP contribution in [0.4, 0.5) is 0 Å². The maximum Gasteiger partial charge on any atom is 0.156 e. The second-order valence-electron chi connectivity index (χ2n) is 5.21. The molecule has 1 nitrogen and oxygen atoms in total. The zero-order valence-corrected chi connectivity index (χ0v) is 9.07. The highest BCUT2D eigenvalue weighted by atomic mass is 79.9. The van der Waals surface area contributed by atoms with E-state index in [1.54, 1.807) is 0 Å². The molecule has 4 saturated carbocycles. The summed E-state index contributed by atoms with van der Waals surface area (Å²) < 4.78 is -0.0885. The van der Waals surface area contributed by atoms with Crippen molar-refractivity contribution < 1.29 is 4.79 Å². The van der Waals surface area contributed by atoms with Crippen LogP contribution in [0, 0.1) is 16.7 Å². The summed E-state index contributed by atoms with van der Waals surface area (Å²) in [5.74, 6) is 1.14. The van der Waals surface area contributed by atoms with E-state index in [0.717, 1.165) is 12.8 Å². The predicted octanol–water partition coefficient (Wildman–Crippen LogP) is 2.53. The smallest absolute Gasteiger partial charge is 0.156 e. The number of alkyl halides is 1. The lowest BCUT2D eigenvalue weighted by Crippen LogP contribution is -2.49. The van der Waals surface area contributed by atoms with Crippen molar-refractivity contribution in [3.8, 4) is 0 Å². The van der Waals surface area contributed by atoms with Gasteiger partial charge in [-0.25, -0.2) is 0 Å². The first-order valence-electron chi connectivity index (χ1n) is 4.69. The van der Waals surface area contributed by atoms with Crippen LogP contribution in [0.5, 0.6) is 0 Å². The molecule has 4 rings (SSSR count). The van der Waals surface area contributed by atoms with Crippen molar-refractivity contribution in [2.24, 2.45) is 16.7 Å². The molecule has 4 bridgehead atoms. The fourth-order valence-corrected chi connectivity index (χ4v) is 5.82. The fraction of sp³-hybridized carbons (Fsp3) is 0.900. The van der Waals surface area contributed by atoms with Crippen LogP contribution in [0.25, 0.3) is 0 Å². The van der Waals surface area contributed by atoms with E-state index >= 15 is 0 Å². The molecule has 0 N–H and O–H groups in total. The van der Waals surface area contributed by atoms with Gasteiger partial charge in [-0.2, -0.15) is 0 Å². The molecule has 0 amide bonds. The Morgan fingerprint density at radius 3 is 2.50 bits per heavy atom. The van der Waals surface area contributed by atoms with Crippen molar-refractivity contribution in [1.29, 1.82) is 0 Å². The van der Waals surface area contributed by atoms with Crippen molar-refractivity contribution in [2.75, 3.05) is 0 Å². The summed E-state index contributed by atoms with van der Waals surface area (Å²) in [7, 11) is 0. The van der Waals surface area contributed by atoms with Crippen LogP contribution in [0.1, 0.15) is 33.1 Å². The van der Waals surface area contributed by atoms with E-state index in [2.05, 4.69) is 29.8 Å². The Bertz CT molecular complexity index is 300. The minimum atomic E-state index is -0.0885. The minimum absolute atomic E-state index is 0.0150. The van der Waals surface area contributed by atoms with Crippen molar-refractivity contribution >= 4 is 21.7 Å². The van der Waals surface area contributed by atoms with Gasteiger partial charge in [0.15, 0.2) is 5.78 Å². The van der Waals surface area contributed by atoms with Crippen LogP contribution in [-0.2, 0) is 4.79 Å². The van der Waals surface area contributed by atoms with Gasteiger partial charge in [-0.05, 0) is 30.6 Å². The molecule has 0 unspecified atom stereocenters. The molecule has 12 heavy (non-hydrogen) atoms. The van der Waals surface area contributed by atoms with E-state index in [1.165, 1.54) is 6.42 Å². The van der Waals surface area contributed by atoms with Crippen LogP contribution >= 0.6 is 15.9 Å². The lowest BCUT2D eigenvalue weighted by atomic mass is 9.60. The number of rotatable bonds is 0. The Hall–Kier alpha value is 0.150. The van der Waals surface area contributed by atoms with Gasteiger partial charge in [-0.3, -0.25) is 4.79 Å². The molecule has 0 saturated heterocycles. The largest absolute Gasteiger partial charge is 0.297 e. The second-order valence-corrected chi connectivity index (χ2v) is 6.62. The third kappa shape index (κ3) is 0.417. The summed E-state index contributed by atoms with van der Waals surface area (Å²) in [5.41, 5.74) is 0.356. The van der Waals surface area contributed by atoms with E-state index in [9.17, 15) is 4.79 Å². The van der Waals surface area contributed by atoms with Crippen molar-refractivity contribution in [2.45, 2.75) is 37.4 Å². The SMILES string of the molecule is C[C@@]12CC[C@@H]3[C@@](Br)(C[C@]31C)C2=O. The number of carbonyl (C=O) groups excluding carboxylic acids is 1. The molecule has 0 aromatic rings. The van der Waals surface area contributed by atoms with Crippen LogP contribution in [-0.4, -0.2) is 10.1 Å². The Labute approximate surface area is 81.0 Å². The topological polar surface area (TPSA) is 17.1 Å². The maximum atomic E-state index is 12.0. The Balaban J connectivity index is 2.24. The molecule has 0 heterocycles. The summed E-state index contributed by atoms with van der Waals surface area (Å²) in [6, 6.07) is 0. The first-order chi connectivity index (χ1) is 5.45. The number of ketones is 1. The molecule has 4 aliphatic carbocycles. The van der Waals surface area contributed by atoms with Gasteiger partial charge in [0.05, 0.1) is 4.32 Å². The monoisotopic (exact) mass is 228 g/mol. The first kappa shape index (κ1) is 7.54. The summed E-state index contributed by atoms with van der Waals surface area (Å²) in [4.78, 5) is 12.0. The molecule has 66 valence electrons. The van der Waals surface area contributed by atoms with E-state index in [-0.39, 0.29) is 9.74 Å². The third-order valence-corrected chi connectivity index (χ3v) is 6.21. The van der Waals surface area contributed by atoms with Gasteiger partial charge in [0, 0.05) is 5.41 Å². The zero-order chi connectivity index (χ0) is 8.78. The van der Waals surface area contributed by atoms with Gasteiger partial charge >= 0.3 is 0 Å². The molecule has 4 atom stereocenters. The molecule has 4 fully saturated rings. The first-order valence-corrected chi connectivity index (χ1v) is 5.48. The standard InChI is InChI=1S/C10H13BrO/c1-8-4-3-6-9(8,2)5-10(6,11)7(8)12/h6H,3-5H2,1-2H3/t6-,8-,9+,10-/m0/s1. The summed E-state index contributed by atoms with van der Waals surface area (Å²) in [6.07, 6.45) is 3.46. The maximum absolute atomic E-state index is 12.0. The predicted molar refractivity (Wildman–Crippen MR) is 50.2 cm³/mol. The molecule has 4 aliphatic rings. The van der Waals surface area contributed by atoms with Crippen LogP contribution in [0.15, 0.2) is 0 Å². The quantitative estimate of drug-likeness (QED) is 0.583. The summed E-state index contributed by atoms with van der Waals surface area (Å²) >= 11 is 3.65. The van der Waals surface area contributed by atoms with Crippen LogP contribution in [0.2, 0.25) is 0 Å². The molecule has 0 radical (unpaired) electrons. The number of halogens is 1. The molecule has 0 aliphatic heterocycles. The third-order valence-electron chi connectivity index (χ3n) is 5.02. The van der Waals surface area contributed by atoms with E-state index in [1.807, 2.05) is 0 Å². The lowest BCUT2D eigenvalue weighted by molar-refractivity contribution is -0.126. The molecular weight excluding hydrogens is 216 g/mol. The van der Waals surface area contributed by atoms with Crippen LogP contribution < -0.4 is 0 Å². The fourth-order valence-electron chi connectivity index (χ4n) is 4.07.